The predicted molar refractivity (Wildman–Crippen MR) is 79.8 cm³/mol. The van der Waals surface area contributed by atoms with Crippen LogP contribution in [0.2, 0.25) is 0 Å². The highest BCUT2D eigenvalue weighted by Gasteiger charge is 2.12. The van der Waals surface area contributed by atoms with Crippen molar-refractivity contribution >= 4 is 22.6 Å². The molecule has 0 spiro atoms. The van der Waals surface area contributed by atoms with Crippen molar-refractivity contribution < 1.29 is 0 Å². The van der Waals surface area contributed by atoms with E-state index < -0.39 is 0 Å². The number of rotatable bonds is 1. The fraction of sp³-hybridized carbons (Fsp3) is 0.188. The highest BCUT2D eigenvalue weighted by atomic mass is 16.1. The van der Waals surface area contributed by atoms with Gasteiger partial charge in [0.1, 0.15) is 0 Å². The zero-order valence-electron chi connectivity index (χ0n) is 11.0. The van der Waals surface area contributed by atoms with Crippen molar-refractivity contribution in [3.8, 4) is 0 Å². The summed E-state index contributed by atoms with van der Waals surface area (Å²) in [7, 11) is 0. The zero-order chi connectivity index (χ0) is 13.5. The lowest BCUT2D eigenvalue weighted by molar-refractivity contribution is 0.744. The Morgan fingerprint density at radius 1 is 1.10 bits per heavy atom. The number of fused-ring (bicyclic) bond motifs is 1. The molecule has 2 aromatic heterocycles. The van der Waals surface area contributed by atoms with Crippen LogP contribution < -0.4 is 16.1 Å². The quantitative estimate of drug-likeness (QED) is 0.611. The molecule has 0 saturated heterocycles. The standard InChI is InChI=1S/C16H15N3O/c20-16-13(15(18-19-16)10-4-3-5-10)8-11-9-17-14-7-2-1-6-12(11)14/h1-2,6-9,17-18H,3-5H2,(H,19,20). The van der Waals surface area contributed by atoms with E-state index in [1.54, 1.807) is 0 Å². The molecule has 0 bridgehead atoms. The van der Waals surface area contributed by atoms with E-state index in [1.165, 1.54) is 12.0 Å². The molecule has 4 heteroatoms. The Hall–Kier alpha value is -2.49. The Kier molecular flexibility index (Phi) is 2.42. The van der Waals surface area contributed by atoms with Crippen LogP contribution in [0.4, 0.5) is 0 Å². The molecule has 0 atom stereocenters. The minimum absolute atomic E-state index is 0.0512. The van der Waals surface area contributed by atoms with Crippen molar-refractivity contribution in [1.29, 1.82) is 0 Å². The number of hydrogen-bond acceptors (Lipinski definition) is 1. The van der Waals surface area contributed by atoms with E-state index in [1.807, 2.05) is 30.5 Å². The van der Waals surface area contributed by atoms with Crippen LogP contribution in [-0.4, -0.2) is 15.2 Å². The van der Waals surface area contributed by atoms with Crippen LogP contribution in [0.25, 0.3) is 22.6 Å². The lowest BCUT2D eigenvalue weighted by atomic mass is 9.92. The maximum atomic E-state index is 12.0. The van der Waals surface area contributed by atoms with E-state index in [0.29, 0.717) is 0 Å². The summed E-state index contributed by atoms with van der Waals surface area (Å²) in [6, 6.07) is 8.11. The van der Waals surface area contributed by atoms with Gasteiger partial charge in [0.05, 0.1) is 10.6 Å². The van der Waals surface area contributed by atoms with Gasteiger partial charge in [0, 0.05) is 22.7 Å². The second-order valence-electron chi connectivity index (χ2n) is 5.26. The van der Waals surface area contributed by atoms with Crippen LogP contribution >= 0.6 is 0 Å². The van der Waals surface area contributed by atoms with E-state index in [4.69, 9.17) is 0 Å². The molecule has 0 aliphatic heterocycles. The molecule has 1 fully saturated rings. The molecule has 3 aromatic rings. The topological polar surface area (TPSA) is 64.4 Å². The second-order valence-corrected chi connectivity index (χ2v) is 5.26. The molecule has 1 aromatic carbocycles. The van der Waals surface area contributed by atoms with Gasteiger partial charge in [-0.05, 0) is 37.0 Å². The molecular weight excluding hydrogens is 250 g/mol. The Morgan fingerprint density at radius 3 is 2.75 bits per heavy atom. The summed E-state index contributed by atoms with van der Waals surface area (Å²) in [5.74, 6) is 0. The lowest BCUT2D eigenvalue weighted by Crippen LogP contribution is -2.36. The first-order valence-corrected chi connectivity index (χ1v) is 6.89. The molecule has 0 unspecified atom stereocenters. The Labute approximate surface area is 114 Å². The average molecular weight is 265 g/mol. The van der Waals surface area contributed by atoms with Gasteiger partial charge in [0.15, 0.2) is 0 Å². The van der Waals surface area contributed by atoms with E-state index in [9.17, 15) is 4.79 Å². The molecule has 1 saturated carbocycles. The highest BCUT2D eigenvalue weighted by molar-refractivity contribution is 5.88. The molecule has 100 valence electrons. The van der Waals surface area contributed by atoms with Gasteiger partial charge in [-0.25, -0.2) is 0 Å². The van der Waals surface area contributed by atoms with E-state index >= 15 is 0 Å². The third kappa shape index (κ3) is 1.65. The maximum Gasteiger partial charge on any atom is 0.271 e. The van der Waals surface area contributed by atoms with Crippen molar-refractivity contribution in [3.05, 3.63) is 56.9 Å². The molecule has 2 heterocycles. The number of nitrogens with one attached hydrogen (secondary N) is 3. The Bertz CT molecular complexity index is 949. The molecular formula is C16H15N3O. The summed E-state index contributed by atoms with van der Waals surface area (Å²) in [6.07, 6.45) is 7.31. The van der Waals surface area contributed by atoms with Crippen LogP contribution in [0.15, 0.2) is 35.3 Å². The predicted octanol–water partition coefficient (Wildman–Crippen LogP) is 1.35. The van der Waals surface area contributed by atoms with Crippen LogP contribution in [0.1, 0.15) is 24.8 Å². The van der Waals surface area contributed by atoms with E-state index in [2.05, 4.69) is 21.2 Å². The van der Waals surface area contributed by atoms with Crippen LogP contribution in [-0.2, 0) is 0 Å². The number of benzene rings is 1. The lowest BCUT2D eigenvalue weighted by Gasteiger charge is -2.14. The third-order valence-electron chi connectivity index (χ3n) is 4.05. The Balaban J connectivity index is 2.02. The fourth-order valence-corrected chi connectivity index (χ4v) is 2.76. The van der Waals surface area contributed by atoms with Crippen LogP contribution in [0.5, 0.6) is 0 Å². The largest absolute Gasteiger partial charge is 0.361 e. The highest BCUT2D eigenvalue weighted by Crippen LogP contribution is 2.24. The van der Waals surface area contributed by atoms with E-state index in [-0.39, 0.29) is 5.56 Å². The number of para-hydroxylation sites is 1. The van der Waals surface area contributed by atoms with Crippen LogP contribution in [0.3, 0.4) is 0 Å². The number of hydrogen-bond donors (Lipinski definition) is 3. The van der Waals surface area contributed by atoms with Gasteiger partial charge in [-0.2, -0.15) is 0 Å². The van der Waals surface area contributed by atoms with Gasteiger partial charge in [0.25, 0.3) is 5.56 Å². The first-order chi connectivity index (χ1) is 9.83. The second kappa shape index (κ2) is 4.27. The van der Waals surface area contributed by atoms with Gasteiger partial charge in [-0.1, -0.05) is 18.2 Å². The van der Waals surface area contributed by atoms with Gasteiger partial charge < -0.3 is 4.98 Å². The molecule has 20 heavy (non-hydrogen) atoms. The normalized spacial score (nSPS) is 15.8. The Morgan fingerprint density at radius 2 is 1.95 bits per heavy atom. The van der Waals surface area contributed by atoms with E-state index in [0.717, 1.165) is 39.9 Å². The summed E-state index contributed by atoms with van der Waals surface area (Å²) in [4.78, 5) is 15.2. The minimum atomic E-state index is -0.0512. The molecule has 4 nitrogen and oxygen atoms in total. The van der Waals surface area contributed by atoms with Crippen molar-refractivity contribution in [2.75, 3.05) is 0 Å². The summed E-state index contributed by atoms with van der Waals surface area (Å²) < 4.78 is 0. The molecule has 4 rings (SSSR count). The number of aromatic amines is 3. The monoisotopic (exact) mass is 265 g/mol. The molecule has 3 N–H and O–H groups in total. The summed E-state index contributed by atoms with van der Waals surface area (Å²) in [5, 5.41) is 8.58. The van der Waals surface area contributed by atoms with Crippen molar-refractivity contribution in [2.24, 2.45) is 0 Å². The third-order valence-corrected chi connectivity index (χ3v) is 4.05. The first kappa shape index (κ1) is 11.3. The zero-order valence-corrected chi connectivity index (χ0v) is 11.0. The van der Waals surface area contributed by atoms with Gasteiger partial charge in [0.2, 0.25) is 0 Å². The molecule has 0 amide bonds. The fourth-order valence-electron chi connectivity index (χ4n) is 2.76. The van der Waals surface area contributed by atoms with Gasteiger partial charge >= 0.3 is 0 Å². The maximum absolute atomic E-state index is 12.0. The van der Waals surface area contributed by atoms with Crippen molar-refractivity contribution in [1.82, 2.24) is 15.2 Å². The van der Waals surface area contributed by atoms with Gasteiger partial charge in [-0.3, -0.25) is 15.0 Å². The SMILES string of the molecule is O=c1[nH][nH]c(=C2CCC2)c1=Cc1c[nH]c2ccccc12. The van der Waals surface area contributed by atoms with Crippen molar-refractivity contribution in [2.45, 2.75) is 19.3 Å². The van der Waals surface area contributed by atoms with Crippen molar-refractivity contribution in [3.63, 3.8) is 0 Å². The number of H-pyrrole nitrogens is 3. The average Bonchev–Trinajstić information content (AvgIpc) is 2.96. The molecule has 0 radical (unpaired) electrons. The summed E-state index contributed by atoms with van der Waals surface area (Å²) in [5.41, 5.74) is 3.43. The molecule has 1 aliphatic rings. The van der Waals surface area contributed by atoms with Gasteiger partial charge in [-0.15, -0.1) is 0 Å². The smallest absolute Gasteiger partial charge is 0.271 e. The summed E-state index contributed by atoms with van der Waals surface area (Å²) in [6.45, 7) is 0. The first-order valence-electron chi connectivity index (χ1n) is 6.89. The summed E-state index contributed by atoms with van der Waals surface area (Å²) >= 11 is 0. The number of aromatic nitrogens is 3. The molecule has 1 aliphatic carbocycles. The minimum Gasteiger partial charge on any atom is -0.361 e. The van der Waals surface area contributed by atoms with Crippen LogP contribution in [0, 0.1) is 0 Å².